The Balaban J connectivity index is 0.00000289. The van der Waals surface area contributed by atoms with Gasteiger partial charge in [-0.25, -0.2) is 4.79 Å². The van der Waals surface area contributed by atoms with Crippen molar-refractivity contribution in [1.82, 2.24) is 0 Å². The summed E-state index contributed by atoms with van der Waals surface area (Å²) in [4.78, 5) is 27.2. The van der Waals surface area contributed by atoms with Crippen molar-refractivity contribution in [2.24, 2.45) is 5.92 Å². The van der Waals surface area contributed by atoms with Gasteiger partial charge >= 0.3 is 5.97 Å². The number of quaternary nitrogens is 1. The summed E-state index contributed by atoms with van der Waals surface area (Å²) in [6.07, 6.45) is 2.43. The van der Waals surface area contributed by atoms with Gasteiger partial charge in [0.2, 0.25) is 5.78 Å². The minimum atomic E-state index is -0.471. The van der Waals surface area contributed by atoms with E-state index in [1.165, 1.54) is 11.3 Å². The molecule has 3 aliphatic heterocycles. The van der Waals surface area contributed by atoms with Gasteiger partial charge in [-0.05, 0) is 29.1 Å². The molecule has 3 saturated heterocycles. The number of nitrogens with zero attached hydrogens (tertiary/aromatic N) is 1. The minimum absolute atomic E-state index is 0. The van der Waals surface area contributed by atoms with Crippen molar-refractivity contribution in [2.75, 3.05) is 31.5 Å². The standard InChI is InChI=1S/C28H31N2O3S.ClH/c31-25(27-12-7-17-34-27)19-30-15-13-22(14-16-30)26(20-30)33-28(32)24(18-21-8-3-1-4-9-21)29-23-10-5-2-6-11-23;/h1-12,17,22,24,26,29H,13-16,18-20H2;1H/q+1;/p-1/t22?,24-,26+,30?;/m1./s1. The molecule has 0 spiro atoms. The summed E-state index contributed by atoms with van der Waals surface area (Å²) in [6.45, 7) is 3.21. The summed E-state index contributed by atoms with van der Waals surface area (Å²) in [5, 5.41) is 5.34. The van der Waals surface area contributed by atoms with Crippen molar-refractivity contribution in [3.63, 3.8) is 0 Å². The molecule has 0 radical (unpaired) electrons. The molecule has 0 amide bonds. The van der Waals surface area contributed by atoms with Crippen molar-refractivity contribution >= 4 is 28.8 Å². The summed E-state index contributed by atoms with van der Waals surface area (Å²) in [7, 11) is 0. The number of carbonyl (C=O) groups excluding carboxylic acids is 2. The fraction of sp³-hybridized carbons (Fsp3) is 0.357. The summed E-state index contributed by atoms with van der Waals surface area (Å²) >= 11 is 1.51. The van der Waals surface area contributed by atoms with Crippen LogP contribution in [0.1, 0.15) is 28.1 Å². The first-order chi connectivity index (χ1) is 16.6. The second-order valence-electron chi connectivity index (χ2n) is 9.60. The molecule has 1 N–H and O–H groups in total. The summed E-state index contributed by atoms with van der Waals surface area (Å²) in [5.41, 5.74) is 1.99. The first-order valence-corrected chi connectivity index (χ1v) is 13.0. The lowest BCUT2D eigenvalue weighted by Crippen LogP contribution is -3.00. The number of piperidine rings is 3. The average molecular weight is 511 g/mol. The molecule has 6 rings (SSSR count). The minimum Gasteiger partial charge on any atom is -1.00 e. The normalized spacial score (nSPS) is 23.7. The third-order valence-electron chi connectivity index (χ3n) is 7.27. The summed E-state index contributed by atoms with van der Waals surface area (Å²) in [5.74, 6) is 0.372. The van der Waals surface area contributed by atoms with E-state index in [4.69, 9.17) is 4.74 Å². The Morgan fingerprint density at radius 1 is 0.971 bits per heavy atom. The lowest BCUT2D eigenvalue weighted by Gasteiger charge is -2.51. The van der Waals surface area contributed by atoms with Gasteiger partial charge in [-0.3, -0.25) is 4.79 Å². The molecular weight excluding hydrogens is 480 g/mol. The van der Waals surface area contributed by atoms with Crippen LogP contribution in [0.15, 0.2) is 78.2 Å². The molecule has 3 fully saturated rings. The first-order valence-electron chi connectivity index (χ1n) is 12.1. The van der Waals surface area contributed by atoms with Crippen LogP contribution in [0.3, 0.4) is 0 Å². The van der Waals surface area contributed by atoms with E-state index < -0.39 is 6.04 Å². The van der Waals surface area contributed by atoms with Crippen LogP contribution in [0.25, 0.3) is 0 Å². The van der Waals surface area contributed by atoms with Gasteiger partial charge in [0.05, 0.1) is 18.0 Å². The summed E-state index contributed by atoms with van der Waals surface area (Å²) < 4.78 is 6.94. The highest BCUT2D eigenvalue weighted by atomic mass is 35.5. The summed E-state index contributed by atoms with van der Waals surface area (Å²) in [6, 6.07) is 23.2. The lowest BCUT2D eigenvalue weighted by molar-refractivity contribution is -0.938. The SMILES string of the molecule is O=C(C[N+]12CCC(CC1)[C@@H](OC(=O)[C@@H](Cc1ccccc1)Nc1ccccc1)C2)c1cccs1.[Cl-]. The maximum absolute atomic E-state index is 13.5. The number of esters is 1. The van der Waals surface area contributed by atoms with Gasteiger partial charge in [-0.1, -0.05) is 54.6 Å². The Morgan fingerprint density at radius 2 is 1.66 bits per heavy atom. The van der Waals surface area contributed by atoms with Crippen LogP contribution < -0.4 is 17.7 Å². The maximum atomic E-state index is 13.5. The highest BCUT2D eigenvalue weighted by Gasteiger charge is 2.49. The van der Waals surface area contributed by atoms with E-state index in [0.29, 0.717) is 18.9 Å². The Kier molecular flexibility index (Phi) is 8.26. The molecule has 2 atom stereocenters. The zero-order chi connectivity index (χ0) is 23.4. The zero-order valence-corrected chi connectivity index (χ0v) is 21.2. The second-order valence-corrected chi connectivity index (χ2v) is 10.5. The van der Waals surface area contributed by atoms with Gasteiger partial charge in [0, 0.05) is 30.9 Å². The number of thiophene rings is 1. The number of fused-ring (bicyclic) bond motifs is 3. The molecule has 35 heavy (non-hydrogen) atoms. The van der Waals surface area contributed by atoms with Crippen LogP contribution in [0.2, 0.25) is 0 Å². The number of halogens is 1. The Hall–Kier alpha value is -2.67. The third kappa shape index (κ3) is 6.13. The van der Waals surface area contributed by atoms with Crippen molar-refractivity contribution in [3.8, 4) is 0 Å². The highest BCUT2D eigenvalue weighted by molar-refractivity contribution is 7.12. The molecule has 3 aliphatic rings. The molecule has 0 unspecified atom stereocenters. The molecule has 0 aliphatic carbocycles. The maximum Gasteiger partial charge on any atom is 0.329 e. The van der Waals surface area contributed by atoms with Gasteiger partial charge in [-0.2, -0.15) is 0 Å². The number of hydrogen-bond donors (Lipinski definition) is 1. The van der Waals surface area contributed by atoms with E-state index >= 15 is 0 Å². The van der Waals surface area contributed by atoms with Crippen LogP contribution in [0.5, 0.6) is 0 Å². The second kappa shape index (κ2) is 11.4. The molecule has 3 aromatic rings. The first kappa shape index (κ1) is 25.4. The number of Topliss-reactive ketones (excluding diaryl/α,β-unsaturated/α-hetero) is 1. The number of benzene rings is 2. The topological polar surface area (TPSA) is 55.4 Å². The van der Waals surface area contributed by atoms with Crippen LogP contribution in [-0.4, -0.2) is 54.6 Å². The fourth-order valence-electron chi connectivity index (χ4n) is 5.41. The fourth-order valence-corrected chi connectivity index (χ4v) is 6.06. The van der Waals surface area contributed by atoms with Gasteiger partial charge in [0.25, 0.3) is 0 Å². The van der Waals surface area contributed by atoms with Crippen molar-refractivity contribution in [1.29, 1.82) is 0 Å². The quantitative estimate of drug-likeness (QED) is 0.271. The molecule has 1 aromatic heterocycles. The van der Waals surface area contributed by atoms with E-state index in [1.807, 2.05) is 78.2 Å². The molecule has 4 heterocycles. The Morgan fingerprint density at radius 3 is 2.31 bits per heavy atom. The number of nitrogens with one attached hydrogen (secondary N) is 1. The predicted molar refractivity (Wildman–Crippen MR) is 135 cm³/mol. The number of anilines is 1. The Labute approximate surface area is 217 Å². The van der Waals surface area contributed by atoms with Crippen LogP contribution >= 0.6 is 11.3 Å². The Bertz CT molecular complexity index is 1060. The van der Waals surface area contributed by atoms with Gasteiger partial charge in [0.1, 0.15) is 19.1 Å². The van der Waals surface area contributed by atoms with Gasteiger partial charge < -0.3 is 26.9 Å². The molecule has 0 saturated carbocycles. The van der Waals surface area contributed by atoms with Crippen LogP contribution in [-0.2, 0) is 16.0 Å². The highest BCUT2D eigenvalue weighted by Crippen LogP contribution is 2.36. The van der Waals surface area contributed by atoms with Crippen LogP contribution in [0.4, 0.5) is 5.69 Å². The average Bonchev–Trinajstić information content (AvgIpc) is 3.41. The lowest BCUT2D eigenvalue weighted by atomic mass is 9.83. The monoisotopic (exact) mass is 510 g/mol. The smallest absolute Gasteiger partial charge is 0.329 e. The number of carbonyl (C=O) groups is 2. The van der Waals surface area contributed by atoms with Crippen molar-refractivity contribution in [3.05, 3.63) is 88.6 Å². The number of para-hydroxylation sites is 1. The molecular formula is C28H31ClN2O3S. The number of hydrogen-bond acceptors (Lipinski definition) is 5. The molecule has 2 aromatic carbocycles. The molecule has 184 valence electrons. The number of ketones is 1. The number of ether oxygens (including phenoxy) is 1. The van der Waals surface area contributed by atoms with Crippen LogP contribution in [0, 0.1) is 5.92 Å². The third-order valence-corrected chi connectivity index (χ3v) is 8.18. The van der Waals surface area contributed by atoms with E-state index in [0.717, 1.165) is 53.1 Å². The predicted octanol–water partition coefficient (Wildman–Crippen LogP) is 1.81. The van der Waals surface area contributed by atoms with E-state index in [2.05, 4.69) is 5.32 Å². The van der Waals surface area contributed by atoms with Crippen molar-refractivity contribution < 1.29 is 31.2 Å². The van der Waals surface area contributed by atoms with E-state index in [-0.39, 0.29) is 30.3 Å². The van der Waals surface area contributed by atoms with E-state index in [1.54, 1.807) is 0 Å². The molecule has 2 bridgehead atoms. The molecule has 5 nitrogen and oxygen atoms in total. The largest absolute Gasteiger partial charge is 1.00 e. The van der Waals surface area contributed by atoms with Gasteiger partial charge in [-0.15, -0.1) is 11.3 Å². The zero-order valence-electron chi connectivity index (χ0n) is 19.6. The van der Waals surface area contributed by atoms with Gasteiger partial charge in [0.15, 0.2) is 6.10 Å². The number of rotatable bonds is 9. The van der Waals surface area contributed by atoms with Crippen molar-refractivity contribution in [2.45, 2.75) is 31.4 Å². The van der Waals surface area contributed by atoms with E-state index in [9.17, 15) is 9.59 Å². The molecule has 7 heteroatoms.